The van der Waals surface area contributed by atoms with Crippen molar-refractivity contribution in [1.29, 1.82) is 0 Å². The van der Waals surface area contributed by atoms with Crippen LogP contribution in [-0.2, 0) is 13.0 Å². The van der Waals surface area contributed by atoms with Gasteiger partial charge in [0.05, 0.1) is 18.3 Å². The standard InChI is InChI=1S/C23H31NO5/c1-14(2)6-4-7-15(13-25)8-5-9-23(3)20(27)11-17-19(26)10-16-18(21(17)29-23)12-24-22(16)28/h6,8,10,20,25-27H,4-5,7,9,11-13H2,1-3H3,(H,24,28). The van der Waals surface area contributed by atoms with E-state index in [4.69, 9.17) is 4.74 Å². The fourth-order valence-electron chi connectivity index (χ4n) is 3.98. The van der Waals surface area contributed by atoms with Gasteiger partial charge in [0, 0.05) is 24.1 Å². The molecule has 6 nitrogen and oxygen atoms in total. The first-order valence-electron chi connectivity index (χ1n) is 10.2. The molecule has 0 fully saturated rings. The Morgan fingerprint density at radius 2 is 2.07 bits per heavy atom. The van der Waals surface area contributed by atoms with Gasteiger partial charge < -0.3 is 25.4 Å². The number of benzene rings is 1. The summed E-state index contributed by atoms with van der Waals surface area (Å²) in [5.74, 6) is 0.279. The third kappa shape index (κ3) is 4.49. The second-order valence-corrected chi connectivity index (χ2v) is 8.43. The van der Waals surface area contributed by atoms with E-state index in [2.05, 4.69) is 25.2 Å². The molecule has 2 aliphatic heterocycles. The summed E-state index contributed by atoms with van der Waals surface area (Å²) in [5, 5.41) is 33.4. The molecule has 0 saturated heterocycles. The molecule has 0 bridgehead atoms. The Balaban J connectivity index is 1.74. The van der Waals surface area contributed by atoms with Crippen LogP contribution in [0.2, 0.25) is 0 Å². The fraction of sp³-hybridized carbons (Fsp3) is 0.522. The van der Waals surface area contributed by atoms with Crippen LogP contribution in [-0.4, -0.2) is 39.5 Å². The number of nitrogens with one attached hydrogen (secondary N) is 1. The Bertz CT molecular complexity index is 853. The first kappa shape index (κ1) is 21.4. The first-order chi connectivity index (χ1) is 13.7. The van der Waals surface area contributed by atoms with E-state index in [-0.39, 0.29) is 24.7 Å². The zero-order chi connectivity index (χ0) is 21.2. The number of hydrogen-bond donors (Lipinski definition) is 4. The number of rotatable bonds is 7. The summed E-state index contributed by atoms with van der Waals surface area (Å²) >= 11 is 0. The zero-order valence-corrected chi connectivity index (χ0v) is 17.4. The van der Waals surface area contributed by atoms with E-state index >= 15 is 0 Å². The van der Waals surface area contributed by atoms with Gasteiger partial charge in [0.2, 0.25) is 0 Å². The average molecular weight is 402 g/mol. The van der Waals surface area contributed by atoms with E-state index in [0.29, 0.717) is 36.3 Å². The molecule has 0 radical (unpaired) electrons. The number of fused-ring (bicyclic) bond motifs is 3. The Morgan fingerprint density at radius 3 is 2.76 bits per heavy atom. The number of amides is 1. The van der Waals surface area contributed by atoms with Gasteiger partial charge in [-0.2, -0.15) is 0 Å². The molecule has 1 aromatic rings. The van der Waals surface area contributed by atoms with Crippen LogP contribution in [0.4, 0.5) is 0 Å². The normalized spacial score (nSPS) is 23.1. The maximum Gasteiger partial charge on any atom is 0.252 e. The lowest BCUT2D eigenvalue weighted by Gasteiger charge is -2.40. The van der Waals surface area contributed by atoms with Gasteiger partial charge in [-0.15, -0.1) is 0 Å². The van der Waals surface area contributed by atoms with Crippen molar-refractivity contribution >= 4 is 5.91 Å². The Morgan fingerprint density at radius 1 is 1.31 bits per heavy atom. The number of hydrogen-bond acceptors (Lipinski definition) is 5. The summed E-state index contributed by atoms with van der Waals surface area (Å²) < 4.78 is 6.23. The number of phenolic OH excluding ortho intramolecular Hbond substituents is 1. The third-order valence-corrected chi connectivity index (χ3v) is 5.87. The number of carbonyl (C=O) groups excluding carboxylic acids is 1. The topological polar surface area (TPSA) is 99.0 Å². The quantitative estimate of drug-likeness (QED) is 0.526. The molecule has 2 aliphatic rings. The minimum atomic E-state index is -0.836. The van der Waals surface area contributed by atoms with Gasteiger partial charge in [-0.1, -0.05) is 17.7 Å². The molecule has 2 unspecified atom stereocenters. The van der Waals surface area contributed by atoms with Gasteiger partial charge in [0.1, 0.15) is 17.1 Å². The van der Waals surface area contributed by atoms with E-state index in [9.17, 15) is 20.1 Å². The zero-order valence-electron chi connectivity index (χ0n) is 17.4. The summed E-state index contributed by atoms with van der Waals surface area (Å²) in [6, 6.07) is 1.46. The second kappa shape index (κ2) is 8.59. The number of aliphatic hydroxyl groups excluding tert-OH is 2. The largest absolute Gasteiger partial charge is 0.508 e. The van der Waals surface area contributed by atoms with Gasteiger partial charge >= 0.3 is 0 Å². The van der Waals surface area contributed by atoms with Crippen molar-refractivity contribution in [3.05, 3.63) is 46.1 Å². The van der Waals surface area contributed by atoms with Crippen molar-refractivity contribution in [2.24, 2.45) is 0 Å². The van der Waals surface area contributed by atoms with Crippen LogP contribution in [0.3, 0.4) is 0 Å². The van der Waals surface area contributed by atoms with Crippen molar-refractivity contribution in [3.63, 3.8) is 0 Å². The van der Waals surface area contributed by atoms with Crippen molar-refractivity contribution in [2.45, 2.75) is 71.1 Å². The van der Waals surface area contributed by atoms with Crippen LogP contribution in [0.15, 0.2) is 29.4 Å². The van der Waals surface area contributed by atoms with Crippen LogP contribution < -0.4 is 10.1 Å². The van der Waals surface area contributed by atoms with Gasteiger partial charge in [-0.3, -0.25) is 4.79 Å². The maximum atomic E-state index is 12.0. The molecular formula is C23H31NO5. The van der Waals surface area contributed by atoms with Crippen LogP contribution in [0.25, 0.3) is 0 Å². The first-order valence-corrected chi connectivity index (χ1v) is 10.2. The van der Waals surface area contributed by atoms with Crippen LogP contribution in [0.5, 0.6) is 11.5 Å². The van der Waals surface area contributed by atoms with E-state index < -0.39 is 11.7 Å². The lowest BCUT2D eigenvalue weighted by molar-refractivity contribution is -0.0598. The predicted molar refractivity (Wildman–Crippen MR) is 111 cm³/mol. The fourth-order valence-corrected chi connectivity index (χ4v) is 3.98. The number of carbonyl (C=O) groups is 1. The van der Waals surface area contributed by atoms with E-state index in [1.54, 1.807) is 0 Å². The molecule has 3 rings (SSSR count). The molecule has 0 saturated carbocycles. The van der Waals surface area contributed by atoms with Gasteiger partial charge in [-0.25, -0.2) is 0 Å². The Hall–Kier alpha value is -2.31. The number of phenols is 1. The monoisotopic (exact) mass is 401 g/mol. The van der Waals surface area contributed by atoms with E-state index in [1.165, 1.54) is 11.6 Å². The minimum Gasteiger partial charge on any atom is -0.508 e. The number of ether oxygens (including phenoxy) is 1. The minimum absolute atomic E-state index is 0.0152. The van der Waals surface area contributed by atoms with E-state index in [1.807, 2.05) is 13.0 Å². The second-order valence-electron chi connectivity index (χ2n) is 8.43. The SMILES string of the molecule is CC(C)=CCCC(=CCCC1(C)Oc2c(c(O)cc3c2CNC3=O)CC1O)CO. The smallest absolute Gasteiger partial charge is 0.252 e. The molecule has 0 aliphatic carbocycles. The molecule has 2 atom stereocenters. The summed E-state index contributed by atoms with van der Waals surface area (Å²) in [4.78, 5) is 12.0. The van der Waals surface area contributed by atoms with Crippen molar-refractivity contribution in [3.8, 4) is 11.5 Å². The van der Waals surface area contributed by atoms with Crippen molar-refractivity contribution in [1.82, 2.24) is 5.32 Å². The summed E-state index contributed by atoms with van der Waals surface area (Å²) in [5.41, 5.74) is 3.13. The van der Waals surface area contributed by atoms with Gasteiger partial charge in [-0.05, 0) is 58.1 Å². The lowest BCUT2D eigenvalue weighted by atomic mass is 9.84. The summed E-state index contributed by atoms with van der Waals surface area (Å²) in [6.45, 7) is 6.36. The molecule has 1 aromatic carbocycles. The summed E-state index contributed by atoms with van der Waals surface area (Å²) in [6.07, 6.45) is 6.59. The number of aliphatic hydroxyl groups is 2. The third-order valence-electron chi connectivity index (χ3n) is 5.87. The molecule has 0 spiro atoms. The Kier molecular flexibility index (Phi) is 6.34. The molecule has 1 amide bonds. The van der Waals surface area contributed by atoms with Gasteiger partial charge in [0.15, 0.2) is 0 Å². The maximum absolute atomic E-state index is 12.0. The van der Waals surface area contributed by atoms with Crippen molar-refractivity contribution in [2.75, 3.05) is 6.61 Å². The van der Waals surface area contributed by atoms with Crippen LogP contribution in [0, 0.1) is 0 Å². The molecular weight excluding hydrogens is 370 g/mol. The highest BCUT2D eigenvalue weighted by Crippen LogP contribution is 2.44. The average Bonchev–Trinajstić information content (AvgIpc) is 3.03. The van der Waals surface area contributed by atoms with Crippen molar-refractivity contribution < 1.29 is 24.9 Å². The van der Waals surface area contributed by atoms with E-state index in [0.717, 1.165) is 24.0 Å². The lowest BCUT2D eigenvalue weighted by Crippen LogP contribution is -2.49. The molecule has 2 heterocycles. The van der Waals surface area contributed by atoms with Crippen LogP contribution >= 0.6 is 0 Å². The van der Waals surface area contributed by atoms with Gasteiger partial charge in [0.25, 0.3) is 5.91 Å². The van der Waals surface area contributed by atoms with Crippen LogP contribution in [0.1, 0.15) is 67.9 Å². The Labute approximate surface area is 171 Å². The highest BCUT2D eigenvalue weighted by atomic mass is 16.5. The highest BCUT2D eigenvalue weighted by molar-refractivity contribution is 6.00. The molecule has 0 aromatic heterocycles. The molecule has 29 heavy (non-hydrogen) atoms. The summed E-state index contributed by atoms with van der Waals surface area (Å²) in [7, 11) is 0. The number of allylic oxidation sites excluding steroid dienone is 3. The molecule has 4 N–H and O–H groups in total. The molecule has 6 heteroatoms. The predicted octanol–water partition coefficient (Wildman–Crippen LogP) is 3.14. The molecule has 158 valence electrons. The number of aromatic hydroxyl groups is 1. The highest BCUT2D eigenvalue weighted by Gasteiger charge is 2.43.